The number of methoxy groups -OCH3 is 1. The minimum atomic E-state index is -0.615. The summed E-state index contributed by atoms with van der Waals surface area (Å²) in [5.41, 5.74) is 4.12. The number of halogens is 2. The van der Waals surface area contributed by atoms with Crippen LogP contribution in [0.1, 0.15) is 21.5 Å². The zero-order chi connectivity index (χ0) is 24.8. The summed E-state index contributed by atoms with van der Waals surface area (Å²) in [6.45, 7) is 0.129. The van der Waals surface area contributed by atoms with Crippen molar-refractivity contribution in [3.63, 3.8) is 0 Å². The van der Waals surface area contributed by atoms with Crippen molar-refractivity contribution in [2.75, 3.05) is 13.9 Å². The lowest BCUT2D eigenvalue weighted by Crippen LogP contribution is -2.32. The number of amides is 2. The molecule has 0 saturated carbocycles. The molecule has 35 heavy (non-hydrogen) atoms. The molecule has 4 rings (SSSR count). The van der Waals surface area contributed by atoms with Gasteiger partial charge in [0, 0.05) is 15.6 Å². The molecule has 0 fully saturated rings. The molecule has 0 aromatic heterocycles. The van der Waals surface area contributed by atoms with Crippen molar-refractivity contribution in [2.24, 2.45) is 5.10 Å². The summed E-state index contributed by atoms with van der Waals surface area (Å²) in [4.78, 5) is 25.8. The van der Waals surface area contributed by atoms with Gasteiger partial charge in [0.25, 0.3) is 11.8 Å². The van der Waals surface area contributed by atoms with Crippen molar-refractivity contribution < 1.29 is 23.8 Å². The number of nitrogens with zero attached hydrogens (tertiary/aromatic N) is 1. The summed E-state index contributed by atoms with van der Waals surface area (Å²) in [6.07, 6.45) is 2.98. The Hall–Kier alpha value is -3.63. The predicted molar refractivity (Wildman–Crippen MR) is 139 cm³/mol. The number of nitrogens with one attached hydrogen (secondary N) is 2. The molecule has 3 aromatic carbocycles. The van der Waals surface area contributed by atoms with Crippen LogP contribution in [0.4, 0.5) is 0 Å². The van der Waals surface area contributed by atoms with E-state index >= 15 is 0 Å². The third-order valence-electron chi connectivity index (χ3n) is 4.85. The van der Waals surface area contributed by atoms with Crippen LogP contribution in [-0.2, 0) is 4.79 Å². The van der Waals surface area contributed by atoms with E-state index in [1.54, 1.807) is 54.6 Å². The maximum atomic E-state index is 13.0. The van der Waals surface area contributed by atoms with E-state index in [0.29, 0.717) is 33.9 Å². The molecule has 10 heteroatoms. The van der Waals surface area contributed by atoms with Crippen LogP contribution in [0.2, 0.25) is 0 Å². The first-order chi connectivity index (χ1) is 16.9. The molecule has 3 aromatic rings. The Morgan fingerprint density at radius 1 is 1.03 bits per heavy atom. The smallest absolute Gasteiger partial charge is 0.287 e. The lowest BCUT2D eigenvalue weighted by atomic mass is 10.1. The Labute approximate surface area is 218 Å². The van der Waals surface area contributed by atoms with Crippen LogP contribution in [0.15, 0.2) is 80.4 Å². The van der Waals surface area contributed by atoms with E-state index in [1.807, 2.05) is 6.07 Å². The predicted octanol–water partition coefficient (Wildman–Crippen LogP) is 4.87. The average Bonchev–Trinajstić information content (AvgIpc) is 3.32. The summed E-state index contributed by atoms with van der Waals surface area (Å²) < 4.78 is 17.7. The van der Waals surface area contributed by atoms with Crippen LogP contribution in [0.5, 0.6) is 17.2 Å². The number of carbonyl (C=O) groups is 2. The van der Waals surface area contributed by atoms with Crippen LogP contribution in [0.25, 0.3) is 6.08 Å². The number of hydrogen-bond donors (Lipinski definition) is 2. The Kier molecular flexibility index (Phi) is 7.84. The topological polar surface area (TPSA) is 98.2 Å². The van der Waals surface area contributed by atoms with E-state index in [2.05, 4.69) is 47.7 Å². The maximum Gasteiger partial charge on any atom is 0.287 e. The van der Waals surface area contributed by atoms with Crippen molar-refractivity contribution in [3.05, 3.63) is 92.0 Å². The quantitative estimate of drug-likeness (QED) is 0.229. The number of hydrazone groups is 1. The summed E-state index contributed by atoms with van der Waals surface area (Å²) in [7, 11) is 1.54. The van der Waals surface area contributed by atoms with Gasteiger partial charge in [-0.15, -0.1) is 0 Å². The molecule has 0 radical (unpaired) electrons. The molecule has 2 amide bonds. The second kappa shape index (κ2) is 11.2. The van der Waals surface area contributed by atoms with Crippen molar-refractivity contribution in [1.29, 1.82) is 0 Å². The highest BCUT2D eigenvalue weighted by molar-refractivity contribution is 9.11. The van der Waals surface area contributed by atoms with E-state index in [4.69, 9.17) is 14.2 Å². The van der Waals surface area contributed by atoms with E-state index in [-0.39, 0.29) is 12.5 Å². The lowest BCUT2D eigenvalue weighted by molar-refractivity contribution is -0.117. The molecule has 2 N–H and O–H groups in total. The summed E-state index contributed by atoms with van der Waals surface area (Å²) in [5, 5.41) is 6.71. The minimum absolute atomic E-state index is 0.00254. The molecule has 8 nitrogen and oxygen atoms in total. The normalized spacial score (nSPS) is 12.5. The maximum absolute atomic E-state index is 13.0. The number of ether oxygens (including phenoxy) is 3. The van der Waals surface area contributed by atoms with E-state index in [9.17, 15) is 9.59 Å². The number of hydrogen-bond acceptors (Lipinski definition) is 6. The molecule has 0 spiro atoms. The molecule has 1 aliphatic rings. The molecule has 0 saturated heterocycles. The first kappa shape index (κ1) is 24.5. The highest BCUT2D eigenvalue weighted by Gasteiger charge is 2.17. The standard InChI is InChI=1S/C25H19Br2N3O5/c1-33-23-17(11-18(26)12-19(23)27)13-28-30-25(32)20(29-24(31)16-5-3-2-4-6-16)9-15-7-8-21-22(10-15)35-14-34-21/h2-13H,14H2,1H3,(H,29,31)(H,30,32)/b20-9+,28-13+. The van der Waals surface area contributed by atoms with Gasteiger partial charge in [0.15, 0.2) is 11.5 Å². The van der Waals surface area contributed by atoms with Crippen LogP contribution in [0, 0.1) is 0 Å². The van der Waals surface area contributed by atoms with Gasteiger partial charge in [0.05, 0.1) is 17.8 Å². The van der Waals surface area contributed by atoms with Gasteiger partial charge >= 0.3 is 0 Å². The van der Waals surface area contributed by atoms with Crippen LogP contribution in [0.3, 0.4) is 0 Å². The Morgan fingerprint density at radius 3 is 2.57 bits per heavy atom. The first-order valence-electron chi connectivity index (χ1n) is 10.3. The molecule has 0 aliphatic carbocycles. The monoisotopic (exact) mass is 599 g/mol. The van der Waals surface area contributed by atoms with Crippen LogP contribution >= 0.6 is 31.9 Å². The van der Waals surface area contributed by atoms with E-state index in [1.165, 1.54) is 19.4 Å². The highest BCUT2D eigenvalue weighted by Crippen LogP contribution is 2.33. The van der Waals surface area contributed by atoms with E-state index < -0.39 is 11.8 Å². The van der Waals surface area contributed by atoms with Crippen molar-refractivity contribution >= 4 is 56.0 Å². The van der Waals surface area contributed by atoms with Gasteiger partial charge in [-0.1, -0.05) is 40.2 Å². The Balaban J connectivity index is 1.58. The fraction of sp³-hybridized carbons (Fsp3) is 0.0800. The van der Waals surface area contributed by atoms with Crippen LogP contribution < -0.4 is 25.0 Å². The Morgan fingerprint density at radius 2 is 1.80 bits per heavy atom. The molecule has 1 heterocycles. The van der Waals surface area contributed by atoms with Crippen molar-refractivity contribution in [1.82, 2.24) is 10.7 Å². The average molecular weight is 601 g/mol. The van der Waals surface area contributed by atoms with Gasteiger partial charge in [-0.25, -0.2) is 5.43 Å². The fourth-order valence-electron chi connectivity index (χ4n) is 3.22. The van der Waals surface area contributed by atoms with Gasteiger partial charge in [0.1, 0.15) is 11.4 Å². The molecule has 0 unspecified atom stereocenters. The summed E-state index contributed by atoms with van der Waals surface area (Å²) in [5.74, 6) is 0.670. The second-order valence-corrected chi connectivity index (χ2v) is 8.97. The third kappa shape index (κ3) is 6.09. The Bertz CT molecular complexity index is 1330. The number of rotatable bonds is 7. The number of benzene rings is 3. The number of carbonyl (C=O) groups excluding carboxylic acids is 2. The molecule has 178 valence electrons. The fourth-order valence-corrected chi connectivity index (χ4v) is 4.64. The summed E-state index contributed by atoms with van der Waals surface area (Å²) in [6, 6.07) is 17.4. The van der Waals surface area contributed by atoms with Crippen molar-refractivity contribution in [2.45, 2.75) is 0 Å². The largest absolute Gasteiger partial charge is 0.495 e. The van der Waals surface area contributed by atoms with Gasteiger partial charge in [0.2, 0.25) is 6.79 Å². The third-order valence-corrected chi connectivity index (χ3v) is 5.89. The second-order valence-electron chi connectivity index (χ2n) is 7.20. The van der Waals surface area contributed by atoms with Gasteiger partial charge in [-0.3, -0.25) is 9.59 Å². The van der Waals surface area contributed by atoms with Gasteiger partial charge in [-0.2, -0.15) is 5.10 Å². The highest BCUT2D eigenvalue weighted by atomic mass is 79.9. The zero-order valence-electron chi connectivity index (χ0n) is 18.4. The molecule has 0 bridgehead atoms. The molecular formula is C25H19Br2N3O5. The molecular weight excluding hydrogens is 582 g/mol. The number of fused-ring (bicyclic) bond motifs is 1. The van der Waals surface area contributed by atoms with Gasteiger partial charge in [-0.05, 0) is 64.0 Å². The minimum Gasteiger partial charge on any atom is -0.495 e. The SMILES string of the molecule is COc1c(Br)cc(Br)cc1/C=N/NC(=O)/C(=C\c1ccc2c(c1)OCO2)NC(=O)c1ccccc1. The van der Waals surface area contributed by atoms with E-state index in [0.717, 1.165) is 8.95 Å². The zero-order valence-corrected chi connectivity index (χ0v) is 21.6. The van der Waals surface area contributed by atoms with Gasteiger partial charge < -0.3 is 19.5 Å². The molecule has 0 atom stereocenters. The first-order valence-corrected chi connectivity index (χ1v) is 11.9. The summed E-state index contributed by atoms with van der Waals surface area (Å²) >= 11 is 6.85. The molecule has 1 aliphatic heterocycles. The van der Waals surface area contributed by atoms with Crippen LogP contribution in [-0.4, -0.2) is 31.9 Å². The van der Waals surface area contributed by atoms with Crippen molar-refractivity contribution in [3.8, 4) is 17.2 Å². The lowest BCUT2D eigenvalue weighted by Gasteiger charge is -2.10.